The first-order valence-corrected chi connectivity index (χ1v) is 6.18. The van der Waals surface area contributed by atoms with E-state index in [9.17, 15) is 9.18 Å². The van der Waals surface area contributed by atoms with Crippen molar-refractivity contribution in [1.82, 2.24) is 9.78 Å². The highest BCUT2D eigenvalue weighted by Crippen LogP contribution is 2.18. The number of aryl methyl sites for hydroxylation is 2. The maximum Gasteiger partial charge on any atom is 0.341 e. The van der Waals surface area contributed by atoms with Crippen LogP contribution in [-0.4, -0.2) is 22.4 Å². The zero-order chi connectivity index (χ0) is 14.7. The van der Waals surface area contributed by atoms with Gasteiger partial charge in [0.1, 0.15) is 5.82 Å². The number of benzene rings is 1. The highest BCUT2D eigenvalue weighted by Gasteiger charge is 2.16. The Labute approximate surface area is 116 Å². The van der Waals surface area contributed by atoms with Gasteiger partial charge >= 0.3 is 5.97 Å². The van der Waals surface area contributed by atoms with Gasteiger partial charge in [-0.1, -0.05) is 0 Å². The fraction of sp³-hybridized carbons (Fsp3) is 0.286. The Morgan fingerprint density at radius 2 is 2.25 bits per heavy atom. The molecule has 0 radical (unpaired) electrons. The van der Waals surface area contributed by atoms with Crippen LogP contribution in [0.3, 0.4) is 0 Å². The molecule has 106 valence electrons. The Bertz CT molecular complexity index is 637. The van der Waals surface area contributed by atoms with E-state index in [1.807, 2.05) is 6.07 Å². The molecule has 0 aliphatic rings. The second-order valence-electron chi connectivity index (χ2n) is 4.53. The monoisotopic (exact) mass is 277 g/mol. The molecule has 0 aliphatic carbocycles. The Kier molecular flexibility index (Phi) is 4.02. The summed E-state index contributed by atoms with van der Waals surface area (Å²) in [6.07, 6.45) is 2.18. The lowest BCUT2D eigenvalue weighted by molar-refractivity contribution is 0.0502. The summed E-state index contributed by atoms with van der Waals surface area (Å²) in [6.45, 7) is 1.71. The topological polar surface area (TPSA) is 70.1 Å². The number of nitrogen functional groups attached to an aromatic ring is 1. The number of hydrogen-bond donors (Lipinski definition) is 1. The third kappa shape index (κ3) is 2.96. The maximum absolute atomic E-state index is 13.8. The van der Waals surface area contributed by atoms with Crippen LogP contribution < -0.4 is 5.73 Å². The predicted molar refractivity (Wildman–Crippen MR) is 72.7 cm³/mol. The van der Waals surface area contributed by atoms with Crippen LogP contribution in [-0.2, 0) is 18.2 Å². The molecule has 0 atom stereocenters. The van der Waals surface area contributed by atoms with Crippen molar-refractivity contribution < 1.29 is 13.9 Å². The van der Waals surface area contributed by atoms with Crippen LogP contribution in [0.15, 0.2) is 24.4 Å². The van der Waals surface area contributed by atoms with Gasteiger partial charge in [-0.05, 0) is 30.7 Å². The van der Waals surface area contributed by atoms with Crippen molar-refractivity contribution in [2.45, 2.75) is 13.3 Å². The Balaban J connectivity index is 2.01. The predicted octanol–water partition coefficient (Wildman–Crippen LogP) is 1.85. The molecule has 1 aromatic heterocycles. The molecule has 0 spiro atoms. The van der Waals surface area contributed by atoms with Crippen LogP contribution in [0.1, 0.15) is 21.6 Å². The van der Waals surface area contributed by atoms with E-state index in [1.165, 1.54) is 12.1 Å². The summed E-state index contributed by atoms with van der Waals surface area (Å²) in [5.41, 5.74) is 7.06. The highest BCUT2D eigenvalue weighted by molar-refractivity contribution is 5.91. The van der Waals surface area contributed by atoms with E-state index >= 15 is 0 Å². The van der Waals surface area contributed by atoms with E-state index in [-0.39, 0.29) is 12.2 Å². The zero-order valence-corrected chi connectivity index (χ0v) is 11.4. The zero-order valence-electron chi connectivity index (χ0n) is 11.4. The smallest absolute Gasteiger partial charge is 0.341 e. The standard InChI is InChI=1S/C14H16FN3O2/c1-9-7-10(16)8-12(13(9)15)14(19)20-6-4-11-3-5-17-18(11)2/h3,5,7-8H,4,6,16H2,1-2H3. The van der Waals surface area contributed by atoms with Gasteiger partial charge < -0.3 is 10.5 Å². The van der Waals surface area contributed by atoms with Crippen molar-refractivity contribution in [3.05, 3.63) is 47.0 Å². The van der Waals surface area contributed by atoms with Crippen molar-refractivity contribution in [3.63, 3.8) is 0 Å². The number of rotatable bonds is 4. The van der Waals surface area contributed by atoms with Gasteiger partial charge in [-0.2, -0.15) is 5.10 Å². The van der Waals surface area contributed by atoms with Crippen LogP contribution in [0.4, 0.5) is 10.1 Å². The molecule has 0 aliphatic heterocycles. The molecule has 2 rings (SSSR count). The number of aromatic nitrogens is 2. The number of halogens is 1. The molecular weight excluding hydrogens is 261 g/mol. The van der Waals surface area contributed by atoms with E-state index in [2.05, 4.69) is 5.10 Å². The van der Waals surface area contributed by atoms with Crippen molar-refractivity contribution in [1.29, 1.82) is 0 Å². The number of nitrogens with zero attached hydrogens (tertiary/aromatic N) is 2. The van der Waals surface area contributed by atoms with Crippen LogP contribution in [0.25, 0.3) is 0 Å². The van der Waals surface area contributed by atoms with E-state index in [0.717, 1.165) is 5.69 Å². The van der Waals surface area contributed by atoms with Gasteiger partial charge in [0.25, 0.3) is 0 Å². The van der Waals surface area contributed by atoms with E-state index in [4.69, 9.17) is 10.5 Å². The normalized spacial score (nSPS) is 10.6. The summed E-state index contributed by atoms with van der Waals surface area (Å²) in [6, 6.07) is 4.59. The fourth-order valence-corrected chi connectivity index (χ4v) is 1.92. The molecule has 0 fully saturated rings. The first kappa shape index (κ1) is 14.0. The fourth-order valence-electron chi connectivity index (χ4n) is 1.92. The summed E-state index contributed by atoms with van der Waals surface area (Å²) in [4.78, 5) is 11.8. The first-order valence-electron chi connectivity index (χ1n) is 6.18. The van der Waals surface area contributed by atoms with Gasteiger partial charge in [-0.25, -0.2) is 9.18 Å². The van der Waals surface area contributed by atoms with Crippen LogP contribution in [0.2, 0.25) is 0 Å². The van der Waals surface area contributed by atoms with Crippen molar-refractivity contribution in [2.24, 2.45) is 7.05 Å². The molecular formula is C14H16FN3O2. The minimum Gasteiger partial charge on any atom is -0.462 e. The summed E-state index contributed by atoms with van der Waals surface area (Å²) >= 11 is 0. The van der Waals surface area contributed by atoms with Gasteiger partial charge in [0, 0.05) is 31.0 Å². The molecule has 0 amide bonds. The molecule has 5 nitrogen and oxygen atoms in total. The second-order valence-corrected chi connectivity index (χ2v) is 4.53. The molecule has 2 aromatic rings. The van der Waals surface area contributed by atoms with Crippen molar-refractivity contribution >= 4 is 11.7 Å². The lowest BCUT2D eigenvalue weighted by atomic mass is 10.1. The minimum atomic E-state index is -0.708. The summed E-state index contributed by atoms with van der Waals surface area (Å²) in [7, 11) is 1.80. The average molecular weight is 277 g/mol. The van der Waals surface area contributed by atoms with Crippen LogP contribution in [0.5, 0.6) is 0 Å². The lowest BCUT2D eigenvalue weighted by Crippen LogP contribution is -2.12. The van der Waals surface area contributed by atoms with E-state index < -0.39 is 11.8 Å². The lowest BCUT2D eigenvalue weighted by Gasteiger charge is -2.08. The number of ether oxygens (including phenoxy) is 1. The van der Waals surface area contributed by atoms with Gasteiger partial charge in [0.05, 0.1) is 12.2 Å². The number of hydrogen-bond acceptors (Lipinski definition) is 4. The number of anilines is 1. The summed E-state index contributed by atoms with van der Waals surface area (Å²) < 4.78 is 20.6. The molecule has 0 bridgehead atoms. The Morgan fingerprint density at radius 1 is 1.50 bits per heavy atom. The second kappa shape index (κ2) is 5.73. The van der Waals surface area contributed by atoms with Gasteiger partial charge in [0.2, 0.25) is 0 Å². The van der Waals surface area contributed by atoms with E-state index in [1.54, 1.807) is 24.9 Å². The molecule has 1 heterocycles. The minimum absolute atomic E-state index is 0.132. The number of carbonyl (C=O) groups is 1. The molecule has 1 aromatic carbocycles. The molecule has 2 N–H and O–H groups in total. The Hall–Kier alpha value is -2.37. The molecule has 0 saturated heterocycles. The van der Waals surface area contributed by atoms with Gasteiger partial charge in [-0.3, -0.25) is 4.68 Å². The number of carbonyl (C=O) groups excluding carboxylic acids is 1. The Morgan fingerprint density at radius 3 is 2.90 bits per heavy atom. The van der Waals surface area contributed by atoms with Gasteiger partial charge in [0.15, 0.2) is 0 Å². The third-order valence-corrected chi connectivity index (χ3v) is 3.01. The molecule has 20 heavy (non-hydrogen) atoms. The van der Waals surface area contributed by atoms with Crippen LogP contribution >= 0.6 is 0 Å². The highest BCUT2D eigenvalue weighted by atomic mass is 19.1. The third-order valence-electron chi connectivity index (χ3n) is 3.01. The molecule has 6 heteroatoms. The number of esters is 1. The molecule has 0 saturated carbocycles. The van der Waals surface area contributed by atoms with Crippen molar-refractivity contribution in [3.8, 4) is 0 Å². The average Bonchev–Trinajstić information content (AvgIpc) is 2.79. The quantitative estimate of drug-likeness (QED) is 0.684. The van der Waals surface area contributed by atoms with E-state index in [0.29, 0.717) is 17.7 Å². The van der Waals surface area contributed by atoms with Crippen LogP contribution in [0, 0.1) is 12.7 Å². The SMILES string of the molecule is Cc1cc(N)cc(C(=O)OCCc2ccnn2C)c1F. The van der Waals surface area contributed by atoms with Crippen molar-refractivity contribution in [2.75, 3.05) is 12.3 Å². The largest absolute Gasteiger partial charge is 0.462 e. The molecule has 0 unspecified atom stereocenters. The maximum atomic E-state index is 13.8. The summed E-state index contributed by atoms with van der Waals surface area (Å²) in [5.74, 6) is -1.30. The summed E-state index contributed by atoms with van der Waals surface area (Å²) in [5, 5.41) is 4.01. The first-order chi connectivity index (χ1) is 9.49. The van der Waals surface area contributed by atoms with Gasteiger partial charge in [-0.15, -0.1) is 0 Å². The number of nitrogens with two attached hydrogens (primary N) is 1.